The van der Waals surface area contributed by atoms with Crippen LogP contribution >= 0.6 is 0 Å². The van der Waals surface area contributed by atoms with E-state index in [2.05, 4.69) is 131 Å². The van der Waals surface area contributed by atoms with E-state index in [-0.39, 0.29) is 17.6 Å². The van der Waals surface area contributed by atoms with Crippen LogP contribution in [0.1, 0.15) is 167 Å². The number of likely N-dealkylation sites (N-methyl/N-ethyl adjacent to an activating group) is 2. The fourth-order valence-electron chi connectivity index (χ4n) is 7.59. The maximum Gasteiger partial charge on any atom is 0.180 e. The van der Waals surface area contributed by atoms with Crippen LogP contribution in [-0.4, -0.2) is 89.8 Å². The first-order chi connectivity index (χ1) is 28.2. The summed E-state index contributed by atoms with van der Waals surface area (Å²) < 4.78 is 26.7. The molecule has 6 heteroatoms. The molecule has 2 aromatic rings. The van der Waals surface area contributed by atoms with Gasteiger partial charge in [0.25, 0.3) is 0 Å². The lowest BCUT2D eigenvalue weighted by atomic mass is 9.78. The fourth-order valence-corrected chi connectivity index (χ4v) is 7.59. The Hall–Kier alpha value is -2.96. The molecule has 0 amide bonds. The molecule has 6 nitrogen and oxygen atoms in total. The van der Waals surface area contributed by atoms with Gasteiger partial charge in [0.2, 0.25) is 0 Å². The highest BCUT2D eigenvalue weighted by molar-refractivity contribution is 5.41. The maximum atomic E-state index is 6.30. The first kappa shape index (κ1) is 52.2. The third kappa shape index (κ3) is 26.1. The first-order valence-corrected chi connectivity index (χ1v) is 23.9. The van der Waals surface area contributed by atoms with Crippen molar-refractivity contribution in [3.63, 3.8) is 0 Å². The van der Waals surface area contributed by atoms with Gasteiger partial charge < -0.3 is 27.9 Å². The molecule has 0 aliphatic rings. The number of benzene rings is 2. The van der Waals surface area contributed by atoms with Gasteiger partial charge in [-0.15, -0.1) is 0 Å². The van der Waals surface area contributed by atoms with E-state index < -0.39 is 0 Å². The summed E-state index contributed by atoms with van der Waals surface area (Å²) in [5.74, 6) is 1.73. The highest BCUT2D eigenvalue weighted by Gasteiger charge is 2.25. The van der Waals surface area contributed by atoms with Crippen LogP contribution in [-0.2, 0) is 14.9 Å². The second-order valence-electron chi connectivity index (χ2n) is 19.7. The topological polar surface area (TPSA) is 36.9 Å². The van der Waals surface area contributed by atoms with Gasteiger partial charge in [-0.1, -0.05) is 155 Å². The second-order valence-corrected chi connectivity index (χ2v) is 19.7. The summed E-state index contributed by atoms with van der Waals surface area (Å²) in [5, 5.41) is 0. The summed E-state index contributed by atoms with van der Waals surface area (Å²) in [6, 6.07) is 17.1. The molecule has 2 rings (SSSR count). The highest BCUT2D eigenvalue weighted by atomic mass is 16.5. The maximum absolute atomic E-state index is 6.30. The van der Waals surface area contributed by atoms with Crippen LogP contribution in [0.15, 0.2) is 73.2 Å². The van der Waals surface area contributed by atoms with Crippen LogP contribution in [0.2, 0.25) is 0 Å². The number of nitrogens with zero attached hydrogens (tertiary/aromatic N) is 2. The third-order valence-electron chi connectivity index (χ3n) is 11.2. The van der Waals surface area contributed by atoms with Gasteiger partial charge >= 0.3 is 0 Å². The van der Waals surface area contributed by atoms with E-state index in [0.29, 0.717) is 13.2 Å². The summed E-state index contributed by atoms with van der Waals surface area (Å²) >= 11 is 0. The Kier molecular flexibility index (Phi) is 26.6. The van der Waals surface area contributed by atoms with Crippen molar-refractivity contribution in [3.8, 4) is 11.5 Å². The number of unbranched alkanes of at least 4 members (excludes halogenated alkanes) is 18. The molecule has 0 saturated carbocycles. The Bertz CT molecular complexity index is 1250. The summed E-state index contributed by atoms with van der Waals surface area (Å²) in [6.45, 7) is 11.9. The minimum absolute atomic E-state index is 0.0218. The van der Waals surface area contributed by atoms with Crippen LogP contribution in [0.5, 0.6) is 11.5 Å². The molecule has 2 atom stereocenters. The summed E-state index contributed by atoms with van der Waals surface area (Å²) in [4.78, 5) is 0. The highest BCUT2D eigenvalue weighted by Crippen LogP contribution is 2.33. The van der Waals surface area contributed by atoms with E-state index >= 15 is 0 Å². The van der Waals surface area contributed by atoms with E-state index in [1.807, 2.05) is 12.5 Å². The van der Waals surface area contributed by atoms with Gasteiger partial charge in [-0.3, -0.25) is 0 Å². The molecule has 336 valence electrons. The number of hydrogen-bond acceptors (Lipinski definition) is 4. The quantitative estimate of drug-likeness (QED) is 0.0390. The Morgan fingerprint density at radius 3 is 1.07 bits per heavy atom. The average molecular weight is 821 g/mol. The molecule has 0 spiro atoms. The van der Waals surface area contributed by atoms with Gasteiger partial charge in [0.05, 0.1) is 54.8 Å². The van der Waals surface area contributed by atoms with Gasteiger partial charge in [0.15, 0.2) is 12.2 Å². The largest absolute Gasteiger partial charge is 0.489 e. The SMILES string of the molecule is CCCCCCCCCCCC=COC(COc1ccc(C(C)(C)c2ccc(OCC(C[N+](C)(C)C)OC=CCCCCCCCCCCC)cc2)cc1)C[N+](C)(C)C. The molecule has 2 aromatic carbocycles. The fraction of sp³-hybridized carbons (Fsp3) is 0.698. The van der Waals surface area contributed by atoms with E-state index in [1.54, 1.807) is 0 Å². The van der Waals surface area contributed by atoms with Crippen molar-refractivity contribution in [1.82, 2.24) is 0 Å². The number of allylic oxidation sites excluding steroid dienone is 2. The van der Waals surface area contributed by atoms with E-state index in [9.17, 15) is 0 Å². The van der Waals surface area contributed by atoms with Crippen molar-refractivity contribution < 1.29 is 27.9 Å². The molecule has 59 heavy (non-hydrogen) atoms. The smallest absolute Gasteiger partial charge is 0.180 e. The molecule has 0 aliphatic heterocycles. The van der Waals surface area contributed by atoms with Crippen molar-refractivity contribution in [3.05, 3.63) is 84.3 Å². The van der Waals surface area contributed by atoms with Crippen LogP contribution in [0, 0.1) is 0 Å². The van der Waals surface area contributed by atoms with Crippen LogP contribution in [0.3, 0.4) is 0 Å². The number of rotatable bonds is 36. The lowest BCUT2D eigenvalue weighted by Crippen LogP contribution is -2.44. The standard InChI is InChI=1S/C53H92N2O4/c1-11-13-15-17-19-21-23-25-27-29-31-41-56-51(43-54(5,6)7)45-58-49-37-33-47(34-38-49)53(3,4)48-35-39-50(40-36-48)59-46-52(44-55(8,9)10)57-42-32-30-28-26-24-22-20-18-16-14-12-2/h31-42,51-52H,11-30,43-46H2,1-10H3/q+2. The van der Waals surface area contributed by atoms with Gasteiger partial charge in [0.1, 0.15) is 37.8 Å². The predicted molar refractivity (Wildman–Crippen MR) is 254 cm³/mol. The minimum atomic E-state index is -0.180. The number of ether oxygens (including phenoxy) is 4. The predicted octanol–water partition coefficient (Wildman–Crippen LogP) is 13.8. The second kappa shape index (κ2) is 30.1. The third-order valence-corrected chi connectivity index (χ3v) is 11.2. The van der Waals surface area contributed by atoms with Gasteiger partial charge in [0, 0.05) is 5.41 Å². The van der Waals surface area contributed by atoms with Gasteiger partial charge in [-0.25, -0.2) is 0 Å². The summed E-state index contributed by atoms with van der Waals surface area (Å²) in [6.07, 6.45) is 34.6. The van der Waals surface area contributed by atoms with Crippen molar-refractivity contribution in [2.75, 3.05) is 68.6 Å². The molecule has 0 bridgehead atoms. The Balaban J connectivity index is 1.83. The molecule has 0 radical (unpaired) electrons. The average Bonchev–Trinajstić information content (AvgIpc) is 3.19. The Morgan fingerprint density at radius 2 is 0.763 bits per heavy atom. The number of hydrogen-bond donors (Lipinski definition) is 0. The molecule has 0 aromatic heterocycles. The van der Waals surface area contributed by atoms with Gasteiger partial charge in [-0.05, 0) is 73.2 Å². The van der Waals surface area contributed by atoms with Crippen LogP contribution in [0.25, 0.3) is 0 Å². The van der Waals surface area contributed by atoms with Gasteiger partial charge in [-0.2, -0.15) is 0 Å². The molecule has 0 saturated heterocycles. The van der Waals surface area contributed by atoms with Crippen molar-refractivity contribution in [2.45, 2.75) is 174 Å². The number of quaternary nitrogens is 2. The minimum Gasteiger partial charge on any atom is -0.489 e. The zero-order valence-corrected chi connectivity index (χ0v) is 40.1. The molecule has 0 heterocycles. The molecular weight excluding hydrogens is 729 g/mol. The van der Waals surface area contributed by atoms with Crippen LogP contribution in [0.4, 0.5) is 0 Å². The first-order valence-electron chi connectivity index (χ1n) is 23.9. The van der Waals surface area contributed by atoms with Crippen molar-refractivity contribution >= 4 is 0 Å². The van der Waals surface area contributed by atoms with Crippen molar-refractivity contribution in [1.29, 1.82) is 0 Å². The molecule has 0 aliphatic carbocycles. The van der Waals surface area contributed by atoms with E-state index in [1.165, 1.54) is 127 Å². The molecule has 0 N–H and O–H groups in total. The summed E-state index contributed by atoms with van der Waals surface area (Å²) in [5.41, 5.74) is 2.30. The molecule has 0 fully saturated rings. The lowest BCUT2D eigenvalue weighted by molar-refractivity contribution is -0.873. The Morgan fingerprint density at radius 1 is 0.458 bits per heavy atom. The normalized spacial score (nSPS) is 13.6. The molecular formula is C53H92N2O4+2. The summed E-state index contributed by atoms with van der Waals surface area (Å²) in [7, 11) is 13.2. The monoisotopic (exact) mass is 821 g/mol. The zero-order valence-electron chi connectivity index (χ0n) is 40.1. The van der Waals surface area contributed by atoms with E-state index in [0.717, 1.165) is 46.4 Å². The van der Waals surface area contributed by atoms with E-state index in [4.69, 9.17) is 18.9 Å². The Labute approximate surface area is 364 Å². The lowest BCUT2D eigenvalue weighted by Gasteiger charge is -2.29. The molecule has 2 unspecified atom stereocenters. The van der Waals surface area contributed by atoms with Crippen molar-refractivity contribution in [2.24, 2.45) is 0 Å². The van der Waals surface area contributed by atoms with Crippen LogP contribution < -0.4 is 9.47 Å². The zero-order chi connectivity index (χ0) is 43.2.